The van der Waals surface area contributed by atoms with Gasteiger partial charge in [-0.3, -0.25) is 19.4 Å². The molecule has 0 saturated carbocycles. The molecule has 0 bridgehead atoms. The molecule has 0 unspecified atom stereocenters. The first-order chi connectivity index (χ1) is 9.73. The molecule has 8 heteroatoms. The monoisotopic (exact) mass is 432 g/mol. The van der Waals surface area contributed by atoms with Crippen LogP contribution in [0.25, 0.3) is 6.08 Å². The number of rotatable bonds is 1. The largest absolute Gasteiger partial charge is 0.506 e. The van der Waals surface area contributed by atoms with E-state index < -0.39 is 11.8 Å². The average molecular weight is 434 g/mol. The van der Waals surface area contributed by atoms with E-state index in [1.165, 1.54) is 30.0 Å². The van der Waals surface area contributed by atoms with E-state index >= 15 is 0 Å². The van der Waals surface area contributed by atoms with Gasteiger partial charge in [-0.25, -0.2) is 0 Å². The molecule has 1 heterocycles. The van der Waals surface area contributed by atoms with E-state index in [2.05, 4.69) is 31.9 Å². The van der Waals surface area contributed by atoms with Crippen LogP contribution in [0.2, 0.25) is 0 Å². The standard InChI is InChI=1S/C13H10Br2N2O3S/c1-16-11(19)7(12(20)17(2)13(16)21)3-6-4-8(14)10(18)9(15)5-6/h3-5,18H,1-2H3. The van der Waals surface area contributed by atoms with E-state index in [-0.39, 0.29) is 16.4 Å². The fourth-order valence-corrected chi connectivity index (χ4v) is 3.20. The van der Waals surface area contributed by atoms with Gasteiger partial charge >= 0.3 is 0 Å². The van der Waals surface area contributed by atoms with Crippen molar-refractivity contribution in [1.29, 1.82) is 0 Å². The molecule has 110 valence electrons. The molecule has 0 atom stereocenters. The molecule has 0 aromatic heterocycles. The summed E-state index contributed by atoms with van der Waals surface area (Å²) in [5, 5.41) is 9.84. The number of benzene rings is 1. The number of likely N-dealkylation sites (N-methyl/N-ethyl adjacent to an activating group) is 2. The second-order valence-electron chi connectivity index (χ2n) is 4.40. The summed E-state index contributed by atoms with van der Waals surface area (Å²) in [5.74, 6) is -0.860. The van der Waals surface area contributed by atoms with Crippen LogP contribution in [0.1, 0.15) is 5.56 Å². The van der Waals surface area contributed by atoms with Crippen molar-refractivity contribution in [1.82, 2.24) is 9.80 Å². The van der Waals surface area contributed by atoms with Crippen LogP contribution in [-0.4, -0.2) is 45.9 Å². The van der Waals surface area contributed by atoms with E-state index in [9.17, 15) is 14.7 Å². The maximum atomic E-state index is 12.2. The van der Waals surface area contributed by atoms with Crippen LogP contribution in [-0.2, 0) is 9.59 Å². The molecule has 1 N–H and O–H groups in total. The minimum atomic E-state index is -0.455. The van der Waals surface area contributed by atoms with Crippen molar-refractivity contribution in [3.63, 3.8) is 0 Å². The number of carbonyl (C=O) groups is 2. The third kappa shape index (κ3) is 2.88. The van der Waals surface area contributed by atoms with E-state index in [0.29, 0.717) is 14.5 Å². The van der Waals surface area contributed by atoms with Crippen molar-refractivity contribution in [2.24, 2.45) is 0 Å². The number of halogens is 2. The molecule has 1 aromatic carbocycles. The highest BCUT2D eigenvalue weighted by Crippen LogP contribution is 2.34. The second kappa shape index (κ2) is 5.86. The molecular weight excluding hydrogens is 424 g/mol. The number of carbonyl (C=O) groups excluding carboxylic acids is 2. The molecule has 21 heavy (non-hydrogen) atoms. The van der Waals surface area contributed by atoms with Gasteiger partial charge in [-0.2, -0.15) is 0 Å². The highest BCUT2D eigenvalue weighted by Gasteiger charge is 2.35. The Kier molecular flexibility index (Phi) is 4.50. The summed E-state index contributed by atoms with van der Waals surface area (Å²) in [4.78, 5) is 26.9. The molecule has 2 rings (SSSR count). The van der Waals surface area contributed by atoms with Gasteiger partial charge in [-0.15, -0.1) is 0 Å². The molecule has 5 nitrogen and oxygen atoms in total. The average Bonchev–Trinajstić information content (AvgIpc) is 2.45. The van der Waals surface area contributed by atoms with Crippen LogP contribution >= 0.6 is 44.1 Å². The lowest BCUT2D eigenvalue weighted by molar-refractivity contribution is -0.132. The van der Waals surface area contributed by atoms with Crippen molar-refractivity contribution in [2.45, 2.75) is 0 Å². The first kappa shape index (κ1) is 16.1. The summed E-state index contributed by atoms with van der Waals surface area (Å²) in [7, 11) is 3.04. The Morgan fingerprint density at radius 1 is 1.10 bits per heavy atom. The summed E-state index contributed by atoms with van der Waals surface area (Å²) in [6.07, 6.45) is 1.47. The van der Waals surface area contributed by atoms with Gasteiger partial charge in [-0.05, 0) is 67.8 Å². The van der Waals surface area contributed by atoms with Crippen molar-refractivity contribution < 1.29 is 14.7 Å². The van der Waals surface area contributed by atoms with Gasteiger partial charge in [0.25, 0.3) is 11.8 Å². The van der Waals surface area contributed by atoms with Gasteiger partial charge in [0.2, 0.25) is 0 Å². The van der Waals surface area contributed by atoms with E-state index in [1.54, 1.807) is 12.1 Å². The molecule has 1 fully saturated rings. The predicted octanol–water partition coefficient (Wildman–Crippen LogP) is 2.52. The Labute approximate surface area is 143 Å². The van der Waals surface area contributed by atoms with Crippen molar-refractivity contribution in [3.05, 3.63) is 32.2 Å². The smallest absolute Gasteiger partial charge is 0.265 e. The molecule has 0 aliphatic carbocycles. The van der Waals surface area contributed by atoms with Gasteiger partial charge in [-0.1, -0.05) is 0 Å². The van der Waals surface area contributed by atoms with Crippen LogP contribution in [0, 0.1) is 0 Å². The number of amides is 2. The topological polar surface area (TPSA) is 60.9 Å². The molecule has 0 spiro atoms. The number of phenolic OH excluding ortho intramolecular Hbond substituents is 1. The Balaban J connectivity index is 2.51. The van der Waals surface area contributed by atoms with E-state index in [4.69, 9.17) is 12.2 Å². The Morgan fingerprint density at radius 3 is 1.95 bits per heavy atom. The molecule has 2 amide bonds. The van der Waals surface area contributed by atoms with Gasteiger partial charge < -0.3 is 5.11 Å². The quantitative estimate of drug-likeness (QED) is 0.420. The number of aromatic hydroxyl groups is 1. The molecule has 1 aliphatic rings. The third-order valence-corrected chi connectivity index (χ3v) is 4.75. The zero-order valence-electron chi connectivity index (χ0n) is 11.1. The maximum absolute atomic E-state index is 12.2. The first-order valence-electron chi connectivity index (χ1n) is 5.73. The molecule has 1 saturated heterocycles. The predicted molar refractivity (Wildman–Crippen MR) is 89.6 cm³/mol. The van der Waals surface area contributed by atoms with Crippen molar-refractivity contribution in [2.75, 3.05) is 14.1 Å². The fourth-order valence-electron chi connectivity index (χ4n) is 1.81. The third-order valence-electron chi connectivity index (χ3n) is 2.99. The maximum Gasteiger partial charge on any atom is 0.265 e. The van der Waals surface area contributed by atoms with Crippen molar-refractivity contribution >= 4 is 67.1 Å². The van der Waals surface area contributed by atoms with Gasteiger partial charge in [0, 0.05) is 14.1 Å². The zero-order chi connectivity index (χ0) is 15.9. The summed E-state index contributed by atoms with van der Waals surface area (Å²) in [5.41, 5.74) is 0.607. The lowest BCUT2D eigenvalue weighted by Crippen LogP contribution is -2.52. The van der Waals surface area contributed by atoms with Gasteiger partial charge in [0.1, 0.15) is 11.3 Å². The minimum Gasteiger partial charge on any atom is -0.506 e. The lowest BCUT2D eigenvalue weighted by Gasteiger charge is -2.31. The van der Waals surface area contributed by atoms with Crippen LogP contribution in [0.4, 0.5) is 0 Å². The Hall–Kier alpha value is -1.25. The van der Waals surface area contributed by atoms with Crippen LogP contribution in [0.5, 0.6) is 5.75 Å². The first-order valence-corrected chi connectivity index (χ1v) is 7.73. The van der Waals surface area contributed by atoms with Crippen LogP contribution < -0.4 is 0 Å². The fraction of sp³-hybridized carbons (Fsp3) is 0.154. The molecular formula is C13H10Br2N2O3S. The summed E-state index contributed by atoms with van der Waals surface area (Å²) in [6, 6.07) is 3.22. The van der Waals surface area contributed by atoms with Gasteiger partial charge in [0.15, 0.2) is 5.11 Å². The highest BCUT2D eigenvalue weighted by molar-refractivity contribution is 9.11. The summed E-state index contributed by atoms with van der Waals surface area (Å²) in [6.45, 7) is 0. The Bertz CT molecular complexity index is 654. The van der Waals surface area contributed by atoms with Gasteiger partial charge in [0.05, 0.1) is 8.95 Å². The number of phenols is 1. The Morgan fingerprint density at radius 2 is 1.52 bits per heavy atom. The number of hydrogen-bond donors (Lipinski definition) is 1. The SMILES string of the molecule is CN1C(=O)C(=Cc2cc(Br)c(O)c(Br)c2)C(=O)N(C)C1=S. The normalized spacial score (nSPS) is 15.8. The summed E-state index contributed by atoms with van der Waals surface area (Å²) < 4.78 is 0.910. The van der Waals surface area contributed by atoms with E-state index in [0.717, 1.165) is 0 Å². The minimum absolute atomic E-state index is 0.0121. The van der Waals surface area contributed by atoms with Crippen molar-refractivity contribution in [3.8, 4) is 5.75 Å². The van der Waals surface area contributed by atoms with E-state index in [1.807, 2.05) is 0 Å². The summed E-state index contributed by atoms with van der Waals surface area (Å²) >= 11 is 11.4. The number of hydrogen-bond acceptors (Lipinski definition) is 4. The molecule has 0 radical (unpaired) electrons. The zero-order valence-corrected chi connectivity index (χ0v) is 15.0. The highest BCUT2D eigenvalue weighted by atomic mass is 79.9. The lowest BCUT2D eigenvalue weighted by atomic mass is 10.1. The number of thiocarbonyl (C=S) groups is 1. The van der Waals surface area contributed by atoms with Crippen LogP contribution in [0.15, 0.2) is 26.7 Å². The number of nitrogens with zero attached hydrogens (tertiary/aromatic N) is 2. The molecule has 1 aliphatic heterocycles. The van der Waals surface area contributed by atoms with Crippen LogP contribution in [0.3, 0.4) is 0 Å². The molecule has 1 aromatic rings. The second-order valence-corrected chi connectivity index (χ2v) is 6.48.